The highest BCUT2D eigenvalue weighted by molar-refractivity contribution is 7.92. The van der Waals surface area contributed by atoms with Gasteiger partial charge in [0.1, 0.15) is 12.2 Å². The third-order valence-electron chi connectivity index (χ3n) is 10.0. The second kappa shape index (κ2) is 20.3. The van der Waals surface area contributed by atoms with Crippen LogP contribution in [0.2, 0.25) is 0 Å². The SMILES string of the molecule is C#CCN(c1ccc(NC(=O)OC(C)(C)C)c2ccc(COC(=O)C[C@H](C)N(CC#C)c3ccc(NS(=O)(=O)c4ccc(OC)c(F)c4)c4ccccc34)cc12)[C@@H](C)CC(=O)OC. The molecule has 0 fully saturated rings. The van der Waals surface area contributed by atoms with Crippen LogP contribution in [0, 0.1) is 30.5 Å². The van der Waals surface area contributed by atoms with E-state index in [1.165, 1.54) is 26.4 Å². The number of benzene rings is 5. The number of halogens is 1. The lowest BCUT2D eigenvalue weighted by Gasteiger charge is -2.31. The Balaban J connectivity index is 1.39. The van der Waals surface area contributed by atoms with E-state index in [9.17, 15) is 27.2 Å². The predicted octanol–water partition coefficient (Wildman–Crippen LogP) is 8.64. The largest absolute Gasteiger partial charge is 0.494 e. The van der Waals surface area contributed by atoms with Crippen LogP contribution in [0.3, 0.4) is 0 Å². The van der Waals surface area contributed by atoms with Gasteiger partial charge in [-0.2, -0.15) is 0 Å². The molecule has 0 spiro atoms. The molecule has 330 valence electrons. The summed E-state index contributed by atoms with van der Waals surface area (Å²) in [6.07, 6.45) is 11.0. The van der Waals surface area contributed by atoms with Crippen molar-refractivity contribution in [3.8, 4) is 30.4 Å². The van der Waals surface area contributed by atoms with Gasteiger partial charge < -0.3 is 28.7 Å². The van der Waals surface area contributed by atoms with Crippen molar-refractivity contribution in [3.05, 3.63) is 96.3 Å². The molecule has 0 heterocycles. The molecule has 2 atom stereocenters. The Hall–Kier alpha value is -6.97. The van der Waals surface area contributed by atoms with Crippen molar-refractivity contribution < 1.29 is 46.1 Å². The second-order valence-corrected chi connectivity index (χ2v) is 17.4. The highest BCUT2D eigenvalue weighted by Gasteiger charge is 2.25. The Morgan fingerprint density at radius 1 is 0.762 bits per heavy atom. The number of fused-ring (bicyclic) bond motifs is 2. The van der Waals surface area contributed by atoms with Crippen LogP contribution in [0.25, 0.3) is 21.5 Å². The number of sulfonamides is 1. The number of hydrogen-bond donors (Lipinski definition) is 2. The van der Waals surface area contributed by atoms with Crippen molar-refractivity contribution >= 4 is 72.3 Å². The molecule has 0 aromatic heterocycles. The maximum Gasteiger partial charge on any atom is 0.412 e. The van der Waals surface area contributed by atoms with Gasteiger partial charge in [0.05, 0.1) is 56.4 Å². The molecular weight excluding hydrogens is 828 g/mol. The summed E-state index contributed by atoms with van der Waals surface area (Å²) >= 11 is 0. The fraction of sp³-hybridized carbons (Fsp3) is 0.312. The van der Waals surface area contributed by atoms with E-state index >= 15 is 0 Å². The van der Waals surface area contributed by atoms with E-state index in [2.05, 4.69) is 21.9 Å². The number of carbonyl (C=O) groups excluding carboxylic acids is 3. The summed E-state index contributed by atoms with van der Waals surface area (Å²) in [5.74, 6) is 3.51. The molecule has 0 aliphatic heterocycles. The molecule has 2 N–H and O–H groups in total. The zero-order valence-corrected chi connectivity index (χ0v) is 37.1. The van der Waals surface area contributed by atoms with Gasteiger partial charge >= 0.3 is 18.0 Å². The van der Waals surface area contributed by atoms with Gasteiger partial charge in [0.15, 0.2) is 11.6 Å². The van der Waals surface area contributed by atoms with Gasteiger partial charge in [-0.15, -0.1) is 12.8 Å². The minimum atomic E-state index is -4.20. The number of amides is 1. The molecule has 5 aromatic carbocycles. The maximum absolute atomic E-state index is 14.5. The van der Waals surface area contributed by atoms with Gasteiger partial charge in [0.25, 0.3) is 10.0 Å². The zero-order valence-electron chi connectivity index (χ0n) is 36.3. The standard InChI is InChI=1S/C48H51FN4O9S/c1-10-24-52(42-22-20-41(35-14-12-13-15-37(35)42)51-63(57,58)34-17-23-44(59-8)39(49)29-34)32(4)27-46(55)61-30-33-16-18-36-38(28-33)43(53(25-11-2)31(3)26-45(54)60-9)21-19-40(36)50-47(56)62-48(5,6)7/h1-2,12-23,28-29,31-32,51H,24-27,30H2,3-9H3,(H,50,56)/t31-,32-/m0/s1. The molecule has 0 bridgehead atoms. The molecule has 1 amide bonds. The Labute approximate surface area is 367 Å². The lowest BCUT2D eigenvalue weighted by molar-refractivity contribution is -0.145. The van der Waals surface area contributed by atoms with Crippen molar-refractivity contribution in [2.75, 3.05) is 47.1 Å². The number of methoxy groups -OCH3 is 2. The van der Waals surface area contributed by atoms with Crippen molar-refractivity contribution in [1.82, 2.24) is 0 Å². The Morgan fingerprint density at radius 2 is 1.35 bits per heavy atom. The van der Waals surface area contributed by atoms with E-state index in [0.29, 0.717) is 44.2 Å². The molecule has 0 unspecified atom stereocenters. The van der Waals surface area contributed by atoms with Crippen LogP contribution < -0.4 is 24.6 Å². The van der Waals surface area contributed by atoms with Crippen LogP contribution in [0.1, 0.15) is 53.0 Å². The van der Waals surface area contributed by atoms with Crippen molar-refractivity contribution in [3.63, 3.8) is 0 Å². The number of ether oxygens (including phenoxy) is 4. The number of carbonyl (C=O) groups is 3. The van der Waals surface area contributed by atoms with Crippen molar-refractivity contribution in [2.24, 2.45) is 0 Å². The third kappa shape index (κ3) is 11.7. The first-order valence-corrected chi connectivity index (χ1v) is 21.4. The number of anilines is 4. The van der Waals surface area contributed by atoms with Gasteiger partial charge in [0.2, 0.25) is 0 Å². The summed E-state index contributed by atoms with van der Waals surface area (Å²) in [5.41, 5.74) is 1.97. The summed E-state index contributed by atoms with van der Waals surface area (Å²) in [7, 11) is -1.60. The first kappa shape index (κ1) is 47.1. The maximum atomic E-state index is 14.5. The van der Waals surface area contributed by atoms with Gasteiger partial charge in [-0.1, -0.05) is 48.2 Å². The first-order valence-electron chi connectivity index (χ1n) is 20.0. The molecule has 0 aliphatic carbocycles. The van der Waals surface area contributed by atoms with E-state index < -0.39 is 45.5 Å². The number of rotatable bonds is 17. The van der Waals surface area contributed by atoms with Crippen LogP contribution in [0.15, 0.2) is 89.8 Å². The average molecular weight is 879 g/mol. The Kier molecular flexibility index (Phi) is 15.1. The fourth-order valence-electron chi connectivity index (χ4n) is 7.05. The van der Waals surface area contributed by atoms with Crippen LogP contribution in [0.5, 0.6) is 5.75 Å². The minimum Gasteiger partial charge on any atom is -0.494 e. The molecule has 13 nitrogen and oxygen atoms in total. The highest BCUT2D eigenvalue weighted by Crippen LogP contribution is 2.37. The van der Waals surface area contributed by atoms with Gasteiger partial charge in [0, 0.05) is 45.0 Å². The molecule has 63 heavy (non-hydrogen) atoms. The van der Waals surface area contributed by atoms with E-state index in [4.69, 9.17) is 31.8 Å². The lowest BCUT2D eigenvalue weighted by Crippen LogP contribution is -2.35. The Bertz CT molecular complexity index is 2700. The van der Waals surface area contributed by atoms with Gasteiger partial charge in [-0.05, 0) is 88.7 Å². The van der Waals surface area contributed by atoms with Crippen LogP contribution in [-0.2, 0) is 40.4 Å². The van der Waals surface area contributed by atoms with Gasteiger partial charge in [-0.25, -0.2) is 17.6 Å². The number of hydrogen-bond acceptors (Lipinski definition) is 11. The Morgan fingerprint density at radius 3 is 1.94 bits per heavy atom. The summed E-state index contributed by atoms with van der Waals surface area (Å²) in [5, 5.41) is 5.35. The molecule has 0 aliphatic rings. The minimum absolute atomic E-state index is 0.0583. The van der Waals surface area contributed by atoms with E-state index in [1.807, 2.05) is 35.8 Å². The fourth-order valence-corrected chi connectivity index (χ4v) is 8.14. The number of nitrogens with one attached hydrogen (secondary N) is 2. The highest BCUT2D eigenvalue weighted by atomic mass is 32.2. The monoisotopic (exact) mass is 878 g/mol. The van der Waals surface area contributed by atoms with Crippen LogP contribution in [-0.4, -0.2) is 71.4 Å². The van der Waals surface area contributed by atoms with Crippen LogP contribution >= 0.6 is 0 Å². The first-order chi connectivity index (χ1) is 29.9. The number of terminal acetylenes is 2. The topological polar surface area (TPSA) is 153 Å². The molecule has 0 saturated heterocycles. The third-order valence-corrected chi connectivity index (χ3v) is 11.4. The zero-order chi connectivity index (χ0) is 46.1. The number of esters is 2. The van der Waals surface area contributed by atoms with Crippen LogP contribution in [0.4, 0.5) is 31.9 Å². The van der Waals surface area contributed by atoms with Gasteiger partial charge in [-0.3, -0.25) is 19.6 Å². The second-order valence-electron chi connectivity index (χ2n) is 15.7. The average Bonchev–Trinajstić information content (AvgIpc) is 3.23. The molecule has 0 saturated carbocycles. The van der Waals surface area contributed by atoms with E-state index in [1.54, 1.807) is 75.4 Å². The van der Waals surface area contributed by atoms with Crippen molar-refractivity contribution in [1.29, 1.82) is 0 Å². The molecule has 0 radical (unpaired) electrons. The molecule has 15 heteroatoms. The van der Waals surface area contributed by atoms with E-state index in [-0.39, 0.29) is 54.9 Å². The summed E-state index contributed by atoms with van der Waals surface area (Å²) in [6, 6.07) is 21.9. The molecular formula is C48H51FN4O9S. The van der Waals surface area contributed by atoms with E-state index in [0.717, 1.165) is 6.07 Å². The quantitative estimate of drug-likeness (QED) is 0.0525. The smallest absolute Gasteiger partial charge is 0.412 e. The van der Waals surface area contributed by atoms with Crippen molar-refractivity contribution in [2.45, 2.75) is 76.6 Å². The summed E-state index contributed by atoms with van der Waals surface area (Å²) < 4.78 is 64.9. The molecule has 5 aromatic rings. The molecule has 5 rings (SSSR count). The lowest BCUT2D eigenvalue weighted by atomic mass is 10.0. The summed E-state index contributed by atoms with van der Waals surface area (Å²) in [4.78, 5) is 42.1. The number of nitrogens with zero attached hydrogens (tertiary/aromatic N) is 2. The predicted molar refractivity (Wildman–Crippen MR) is 244 cm³/mol. The summed E-state index contributed by atoms with van der Waals surface area (Å²) in [6.45, 7) is 9.16. The normalized spacial score (nSPS) is 12.3.